The third kappa shape index (κ3) is 4.78. The number of amides is 1. The molecule has 1 amide bonds. The Morgan fingerprint density at radius 3 is 2.89 bits per heavy atom. The average molecular weight is 487 g/mol. The van der Waals surface area contributed by atoms with Gasteiger partial charge in [0.25, 0.3) is 0 Å². The molecule has 3 heterocycles. The number of hydrogen-bond donors (Lipinski definition) is 2. The second kappa shape index (κ2) is 9.79. The van der Waals surface area contributed by atoms with E-state index in [1.54, 1.807) is 18.3 Å². The van der Waals surface area contributed by atoms with E-state index in [0.29, 0.717) is 39.8 Å². The Balaban J connectivity index is 1.45. The first-order valence-electron chi connectivity index (χ1n) is 11.7. The van der Waals surface area contributed by atoms with Gasteiger partial charge < -0.3 is 25.0 Å². The number of nitrogens with one attached hydrogen (secondary N) is 2. The summed E-state index contributed by atoms with van der Waals surface area (Å²) in [4.78, 5) is 21.1. The van der Waals surface area contributed by atoms with Crippen LogP contribution < -0.4 is 15.5 Å². The Morgan fingerprint density at radius 2 is 2.14 bits per heavy atom. The highest BCUT2D eigenvalue weighted by Crippen LogP contribution is 2.34. The first-order chi connectivity index (χ1) is 17.4. The van der Waals surface area contributed by atoms with E-state index >= 15 is 0 Å². The van der Waals surface area contributed by atoms with Crippen molar-refractivity contribution in [3.8, 4) is 11.3 Å². The number of likely N-dealkylation sites (N-methyl/N-ethyl adjacent to an activating group) is 2. The maximum Gasteiger partial charge on any atom is 0.247 e. The molecule has 0 radical (unpaired) electrons. The van der Waals surface area contributed by atoms with E-state index in [1.165, 1.54) is 18.2 Å². The minimum absolute atomic E-state index is 0.283. The van der Waals surface area contributed by atoms with E-state index in [1.807, 2.05) is 31.3 Å². The van der Waals surface area contributed by atoms with Crippen LogP contribution in [0.5, 0.6) is 0 Å². The lowest BCUT2D eigenvalue weighted by Gasteiger charge is -2.29. The fourth-order valence-electron chi connectivity index (χ4n) is 4.53. The summed E-state index contributed by atoms with van der Waals surface area (Å²) in [7, 11) is 4.16. The first-order valence-corrected chi connectivity index (χ1v) is 11.7. The highest BCUT2D eigenvalue weighted by molar-refractivity contribution is 6.02. The molecule has 9 heteroatoms. The molecular weight excluding hydrogens is 459 g/mol. The van der Waals surface area contributed by atoms with E-state index < -0.39 is 0 Å². The molecule has 0 bridgehead atoms. The number of halogens is 1. The van der Waals surface area contributed by atoms with Crippen LogP contribution >= 0.6 is 0 Å². The normalized spacial score (nSPS) is 15.7. The van der Waals surface area contributed by atoms with Crippen LogP contribution in [0.3, 0.4) is 0 Å². The largest absolute Gasteiger partial charge is 0.369 e. The number of likely N-dealkylation sites (tertiary alicyclic amines) is 1. The van der Waals surface area contributed by atoms with Gasteiger partial charge in [0.05, 0.1) is 23.0 Å². The Hall–Kier alpha value is -4.24. The van der Waals surface area contributed by atoms with Gasteiger partial charge in [-0.2, -0.15) is 0 Å². The number of hydrogen-bond acceptors (Lipinski definition) is 7. The van der Waals surface area contributed by atoms with Crippen LogP contribution in [0.15, 0.2) is 71.9 Å². The van der Waals surface area contributed by atoms with Gasteiger partial charge in [0.15, 0.2) is 5.58 Å². The van der Waals surface area contributed by atoms with Crippen LogP contribution in [0.25, 0.3) is 22.2 Å². The summed E-state index contributed by atoms with van der Waals surface area (Å²) in [5, 5.41) is 11.0. The molecule has 2 aromatic heterocycles. The Kier molecular flexibility index (Phi) is 6.39. The van der Waals surface area contributed by atoms with Crippen LogP contribution in [-0.4, -0.2) is 54.2 Å². The highest BCUT2D eigenvalue weighted by Gasteiger charge is 2.25. The smallest absolute Gasteiger partial charge is 0.247 e. The summed E-state index contributed by atoms with van der Waals surface area (Å²) in [6.07, 6.45) is 3.88. The fourth-order valence-corrected chi connectivity index (χ4v) is 4.53. The zero-order chi connectivity index (χ0) is 25.2. The number of rotatable bonds is 7. The monoisotopic (exact) mass is 486 g/mol. The zero-order valence-electron chi connectivity index (χ0n) is 20.2. The summed E-state index contributed by atoms with van der Waals surface area (Å²) in [6.45, 7) is 5.57. The first kappa shape index (κ1) is 23.5. The van der Waals surface area contributed by atoms with Crippen molar-refractivity contribution in [2.24, 2.45) is 0 Å². The molecule has 36 heavy (non-hydrogen) atoms. The van der Waals surface area contributed by atoms with Gasteiger partial charge in [-0.05, 0) is 62.5 Å². The van der Waals surface area contributed by atoms with Crippen molar-refractivity contribution in [2.75, 3.05) is 42.7 Å². The zero-order valence-corrected chi connectivity index (χ0v) is 20.2. The fraction of sp³-hybridized carbons (Fsp3) is 0.222. The number of carbonyl (C=O) groups is 1. The number of nitrogens with zero attached hydrogens (tertiary/aromatic N) is 4. The Morgan fingerprint density at radius 1 is 1.28 bits per heavy atom. The summed E-state index contributed by atoms with van der Waals surface area (Å²) in [5.74, 6) is -0.0728. The van der Waals surface area contributed by atoms with Crippen molar-refractivity contribution in [2.45, 2.75) is 12.5 Å². The topological polar surface area (TPSA) is 86.5 Å². The van der Waals surface area contributed by atoms with Crippen molar-refractivity contribution in [3.05, 3.63) is 73.2 Å². The summed E-state index contributed by atoms with van der Waals surface area (Å²) in [5.41, 5.74) is 3.99. The molecule has 1 aliphatic heterocycles. The van der Waals surface area contributed by atoms with Crippen molar-refractivity contribution >= 4 is 39.8 Å². The van der Waals surface area contributed by atoms with Gasteiger partial charge in [0.1, 0.15) is 17.3 Å². The van der Waals surface area contributed by atoms with Gasteiger partial charge in [-0.15, -0.1) is 0 Å². The van der Waals surface area contributed by atoms with Crippen molar-refractivity contribution < 1.29 is 13.7 Å². The predicted molar refractivity (Wildman–Crippen MR) is 140 cm³/mol. The molecule has 0 aliphatic carbocycles. The molecule has 1 unspecified atom stereocenters. The van der Waals surface area contributed by atoms with Crippen LogP contribution in [0, 0.1) is 5.82 Å². The van der Waals surface area contributed by atoms with E-state index in [-0.39, 0.29) is 11.7 Å². The number of fused-ring (bicyclic) bond motifs is 1. The predicted octanol–water partition coefficient (Wildman–Crippen LogP) is 5.04. The minimum Gasteiger partial charge on any atom is -0.369 e. The molecular formula is C27H27FN6O2. The Labute approximate surface area is 208 Å². The van der Waals surface area contributed by atoms with Gasteiger partial charge in [-0.1, -0.05) is 23.9 Å². The van der Waals surface area contributed by atoms with Gasteiger partial charge in [-0.3, -0.25) is 4.79 Å². The maximum atomic E-state index is 13.8. The average Bonchev–Trinajstić information content (AvgIpc) is 3.50. The number of carbonyl (C=O) groups excluding carboxylic acids is 1. The third-order valence-electron chi connectivity index (χ3n) is 6.46. The summed E-state index contributed by atoms with van der Waals surface area (Å²) in [6, 6.07) is 14.2. The van der Waals surface area contributed by atoms with E-state index in [4.69, 9.17) is 4.52 Å². The van der Waals surface area contributed by atoms with E-state index in [2.05, 4.69) is 44.2 Å². The van der Waals surface area contributed by atoms with Crippen LogP contribution in [0.2, 0.25) is 0 Å². The number of aromatic nitrogens is 2. The second-order valence-electron chi connectivity index (χ2n) is 8.97. The highest BCUT2D eigenvalue weighted by atomic mass is 19.1. The number of benzene rings is 2. The molecule has 1 aliphatic rings. The molecule has 1 fully saturated rings. The van der Waals surface area contributed by atoms with Gasteiger partial charge in [0.2, 0.25) is 5.91 Å². The van der Waals surface area contributed by atoms with Crippen molar-refractivity contribution in [3.63, 3.8) is 0 Å². The van der Waals surface area contributed by atoms with Crippen LogP contribution in [-0.2, 0) is 4.79 Å². The number of anilines is 4. The Bertz CT molecular complexity index is 1440. The van der Waals surface area contributed by atoms with Gasteiger partial charge in [0, 0.05) is 30.9 Å². The van der Waals surface area contributed by atoms with Crippen LogP contribution in [0.1, 0.15) is 6.42 Å². The molecule has 5 rings (SSSR count). The molecule has 2 N–H and O–H groups in total. The SMILES string of the molecule is C=CC(=O)Nc1cc(Nc2cc3c(-c4cccc(F)c4)noc3cn2)ccc1N(C)C1CCN(C)C1. The molecule has 0 saturated carbocycles. The molecule has 1 atom stereocenters. The van der Waals surface area contributed by atoms with E-state index in [9.17, 15) is 9.18 Å². The lowest BCUT2D eigenvalue weighted by Crippen LogP contribution is -2.34. The lowest BCUT2D eigenvalue weighted by atomic mass is 10.1. The molecule has 4 aromatic rings. The van der Waals surface area contributed by atoms with Gasteiger partial charge >= 0.3 is 0 Å². The summed E-state index contributed by atoms with van der Waals surface area (Å²) >= 11 is 0. The quantitative estimate of drug-likeness (QED) is 0.354. The van der Waals surface area contributed by atoms with Crippen LogP contribution in [0.4, 0.5) is 27.3 Å². The van der Waals surface area contributed by atoms with Crippen molar-refractivity contribution in [1.82, 2.24) is 15.0 Å². The molecule has 184 valence electrons. The molecule has 2 aromatic carbocycles. The molecule has 0 spiro atoms. The van der Waals surface area contributed by atoms with Crippen molar-refractivity contribution in [1.29, 1.82) is 0 Å². The second-order valence-corrected chi connectivity index (χ2v) is 8.97. The van der Waals surface area contributed by atoms with E-state index in [0.717, 1.165) is 30.9 Å². The minimum atomic E-state index is -0.348. The maximum absolute atomic E-state index is 13.8. The third-order valence-corrected chi connectivity index (χ3v) is 6.46. The summed E-state index contributed by atoms with van der Waals surface area (Å²) < 4.78 is 19.2. The lowest BCUT2D eigenvalue weighted by molar-refractivity contribution is -0.111. The van der Waals surface area contributed by atoms with Gasteiger partial charge in [-0.25, -0.2) is 9.37 Å². The number of pyridine rings is 1. The molecule has 1 saturated heterocycles. The molecule has 8 nitrogen and oxygen atoms in total. The standard InChI is InChI=1S/C27H27FN6O2/c1-4-26(35)31-22-13-19(8-9-23(22)34(3)20-10-11-33(2)16-20)30-25-14-21-24(15-29-25)36-32-27(21)17-6-5-7-18(28)12-17/h4-9,12-15,20H,1,10-11,16H2,2-3H3,(H,29,30)(H,31,35).